The van der Waals surface area contributed by atoms with Crippen molar-refractivity contribution in [3.8, 4) is 10.6 Å². The molecule has 0 unspecified atom stereocenters. The van der Waals surface area contributed by atoms with E-state index in [0.29, 0.717) is 5.76 Å². The molecule has 2 aromatic rings. The zero-order valence-corrected chi connectivity index (χ0v) is 7.93. The van der Waals surface area contributed by atoms with Gasteiger partial charge in [0.1, 0.15) is 5.76 Å². The molecule has 66 valence electrons. The minimum absolute atomic E-state index is 0.302. The van der Waals surface area contributed by atoms with Gasteiger partial charge >= 0.3 is 5.63 Å². The van der Waals surface area contributed by atoms with E-state index < -0.39 is 0 Å². The second-order valence-corrected chi connectivity index (χ2v) is 4.01. The fourth-order valence-corrected chi connectivity index (χ4v) is 1.92. The van der Waals surface area contributed by atoms with Crippen LogP contribution in [0.1, 0.15) is 4.88 Å². The van der Waals surface area contributed by atoms with Crippen LogP contribution in [0.5, 0.6) is 0 Å². The number of thiophene rings is 1. The van der Waals surface area contributed by atoms with Crippen molar-refractivity contribution in [3.63, 3.8) is 0 Å². The highest BCUT2D eigenvalue weighted by atomic mass is 32.1. The van der Waals surface area contributed by atoms with Crippen molar-refractivity contribution < 1.29 is 4.42 Å². The molecular formula is C10H8O2S. The summed E-state index contributed by atoms with van der Waals surface area (Å²) in [5, 5.41) is 0. The Kier molecular flexibility index (Phi) is 2.02. The zero-order chi connectivity index (χ0) is 9.26. The quantitative estimate of drug-likeness (QED) is 0.695. The van der Waals surface area contributed by atoms with Gasteiger partial charge in [-0.05, 0) is 25.1 Å². The minimum Gasteiger partial charge on any atom is -0.422 e. The predicted molar refractivity (Wildman–Crippen MR) is 53.0 cm³/mol. The lowest BCUT2D eigenvalue weighted by Gasteiger charge is -1.92. The van der Waals surface area contributed by atoms with Crippen molar-refractivity contribution in [3.05, 3.63) is 45.6 Å². The summed E-state index contributed by atoms with van der Waals surface area (Å²) in [4.78, 5) is 13.1. The molecule has 0 atom stereocenters. The fourth-order valence-electron chi connectivity index (χ4n) is 1.09. The van der Waals surface area contributed by atoms with Gasteiger partial charge in [-0.2, -0.15) is 0 Å². The third kappa shape index (κ3) is 1.70. The van der Waals surface area contributed by atoms with Crippen LogP contribution in [0.4, 0.5) is 0 Å². The second-order valence-electron chi connectivity index (χ2n) is 2.72. The third-order valence-electron chi connectivity index (χ3n) is 1.67. The predicted octanol–water partition coefficient (Wildman–Crippen LogP) is 2.68. The molecule has 2 heterocycles. The first-order valence-corrected chi connectivity index (χ1v) is 4.74. The van der Waals surface area contributed by atoms with Crippen LogP contribution in [0, 0.1) is 6.92 Å². The Balaban J connectivity index is 2.52. The van der Waals surface area contributed by atoms with Crippen LogP contribution in [-0.4, -0.2) is 0 Å². The molecule has 0 fully saturated rings. The smallest absolute Gasteiger partial charge is 0.336 e. The lowest BCUT2D eigenvalue weighted by molar-refractivity contribution is 0.527. The summed E-state index contributed by atoms with van der Waals surface area (Å²) in [6.07, 6.45) is 0. The fraction of sp³-hybridized carbons (Fsp3) is 0.100. The molecule has 0 bridgehead atoms. The van der Waals surface area contributed by atoms with Crippen molar-refractivity contribution in [1.82, 2.24) is 0 Å². The van der Waals surface area contributed by atoms with Gasteiger partial charge in [-0.1, -0.05) is 6.07 Å². The molecule has 0 N–H and O–H groups in total. The first-order valence-electron chi connectivity index (χ1n) is 3.93. The Morgan fingerprint density at radius 3 is 2.69 bits per heavy atom. The van der Waals surface area contributed by atoms with Crippen molar-refractivity contribution in [1.29, 1.82) is 0 Å². The van der Waals surface area contributed by atoms with Crippen molar-refractivity contribution >= 4 is 11.3 Å². The van der Waals surface area contributed by atoms with E-state index in [9.17, 15) is 4.79 Å². The van der Waals surface area contributed by atoms with Gasteiger partial charge in [0.25, 0.3) is 0 Å². The molecule has 2 nitrogen and oxygen atoms in total. The second kappa shape index (κ2) is 3.18. The van der Waals surface area contributed by atoms with E-state index in [-0.39, 0.29) is 5.63 Å². The summed E-state index contributed by atoms with van der Waals surface area (Å²) in [6.45, 7) is 2.02. The first kappa shape index (κ1) is 8.26. The maximum Gasteiger partial charge on any atom is 0.336 e. The minimum atomic E-state index is -0.302. The van der Waals surface area contributed by atoms with Crippen LogP contribution < -0.4 is 5.63 Å². The van der Waals surface area contributed by atoms with E-state index in [0.717, 1.165) is 4.88 Å². The Labute approximate surface area is 79.5 Å². The SMILES string of the molecule is Cc1ccc(-c2cccc(=O)o2)s1. The highest BCUT2D eigenvalue weighted by molar-refractivity contribution is 7.15. The van der Waals surface area contributed by atoms with E-state index in [4.69, 9.17) is 4.42 Å². The summed E-state index contributed by atoms with van der Waals surface area (Å²) in [6, 6.07) is 8.87. The molecule has 0 aliphatic rings. The molecule has 3 heteroatoms. The largest absolute Gasteiger partial charge is 0.422 e. The Morgan fingerprint density at radius 2 is 2.08 bits per heavy atom. The van der Waals surface area contributed by atoms with Gasteiger partial charge in [-0.25, -0.2) is 4.79 Å². The van der Waals surface area contributed by atoms with Crippen molar-refractivity contribution in [2.75, 3.05) is 0 Å². The van der Waals surface area contributed by atoms with Crippen LogP contribution in [0.15, 0.2) is 39.5 Å². The number of hydrogen-bond donors (Lipinski definition) is 0. The van der Waals surface area contributed by atoms with Gasteiger partial charge in [0.2, 0.25) is 0 Å². The molecular weight excluding hydrogens is 184 g/mol. The third-order valence-corrected chi connectivity index (χ3v) is 2.69. The van der Waals surface area contributed by atoms with Crippen molar-refractivity contribution in [2.24, 2.45) is 0 Å². The molecule has 2 rings (SSSR count). The van der Waals surface area contributed by atoms with Crippen LogP contribution in [0.2, 0.25) is 0 Å². The highest BCUT2D eigenvalue weighted by Crippen LogP contribution is 2.26. The van der Waals surface area contributed by atoms with Gasteiger partial charge in [-0.3, -0.25) is 0 Å². The maximum absolute atomic E-state index is 10.9. The Bertz CT molecular complexity index is 468. The molecule has 0 spiro atoms. The van der Waals surface area contributed by atoms with E-state index in [2.05, 4.69) is 0 Å². The summed E-state index contributed by atoms with van der Waals surface area (Å²) >= 11 is 1.62. The van der Waals surface area contributed by atoms with Crippen LogP contribution in [-0.2, 0) is 0 Å². The van der Waals surface area contributed by atoms with Crippen LogP contribution in [0.25, 0.3) is 10.6 Å². The molecule has 13 heavy (non-hydrogen) atoms. The first-order chi connectivity index (χ1) is 6.25. The van der Waals surface area contributed by atoms with E-state index >= 15 is 0 Å². The molecule has 0 amide bonds. The summed E-state index contributed by atoms with van der Waals surface area (Å²) < 4.78 is 5.03. The molecule has 2 aromatic heterocycles. The standard InChI is InChI=1S/C10H8O2S/c1-7-5-6-9(13-7)8-3-2-4-10(11)12-8/h2-6H,1H3. The van der Waals surface area contributed by atoms with Crippen LogP contribution in [0.3, 0.4) is 0 Å². The Hall–Kier alpha value is -1.35. The molecule has 0 aromatic carbocycles. The molecule has 0 radical (unpaired) electrons. The molecule has 0 aliphatic heterocycles. The topological polar surface area (TPSA) is 30.2 Å². The van der Waals surface area contributed by atoms with E-state index in [1.54, 1.807) is 23.5 Å². The molecule has 0 aliphatic carbocycles. The lowest BCUT2D eigenvalue weighted by Crippen LogP contribution is -1.94. The van der Waals surface area contributed by atoms with Gasteiger partial charge in [0.05, 0.1) is 4.88 Å². The van der Waals surface area contributed by atoms with Gasteiger partial charge in [0, 0.05) is 10.9 Å². The lowest BCUT2D eigenvalue weighted by atomic mass is 10.3. The van der Waals surface area contributed by atoms with Gasteiger partial charge in [0.15, 0.2) is 0 Å². The maximum atomic E-state index is 10.9. The molecule has 0 saturated carbocycles. The summed E-state index contributed by atoms with van der Waals surface area (Å²) in [7, 11) is 0. The number of hydrogen-bond acceptors (Lipinski definition) is 3. The highest BCUT2D eigenvalue weighted by Gasteiger charge is 2.02. The van der Waals surface area contributed by atoms with E-state index in [1.807, 2.05) is 19.1 Å². The Morgan fingerprint density at radius 1 is 1.23 bits per heavy atom. The summed E-state index contributed by atoms with van der Waals surface area (Å²) in [5.74, 6) is 0.644. The average Bonchev–Trinajstić information content (AvgIpc) is 2.52. The average molecular weight is 192 g/mol. The molecule has 0 saturated heterocycles. The normalized spacial score (nSPS) is 10.2. The zero-order valence-electron chi connectivity index (χ0n) is 7.11. The van der Waals surface area contributed by atoms with Gasteiger partial charge < -0.3 is 4.42 Å². The van der Waals surface area contributed by atoms with E-state index in [1.165, 1.54) is 10.9 Å². The van der Waals surface area contributed by atoms with Crippen LogP contribution >= 0.6 is 11.3 Å². The number of rotatable bonds is 1. The monoisotopic (exact) mass is 192 g/mol. The summed E-state index contributed by atoms with van der Waals surface area (Å²) in [5.41, 5.74) is -0.302. The van der Waals surface area contributed by atoms with Gasteiger partial charge in [-0.15, -0.1) is 11.3 Å². The van der Waals surface area contributed by atoms with Crippen molar-refractivity contribution in [2.45, 2.75) is 6.92 Å². The number of aryl methyl sites for hydroxylation is 1.